The van der Waals surface area contributed by atoms with E-state index in [0.29, 0.717) is 0 Å². The molecular formula is C20H16F3N3O2. The van der Waals surface area contributed by atoms with E-state index in [2.05, 4.69) is 10.4 Å². The molecule has 0 bridgehead atoms. The van der Waals surface area contributed by atoms with Crippen molar-refractivity contribution in [2.75, 3.05) is 5.32 Å². The molecule has 5 nitrogen and oxygen atoms in total. The Morgan fingerprint density at radius 3 is 2.36 bits per heavy atom. The molecule has 1 N–H and O–H groups in total. The number of nitrogens with one attached hydrogen (secondary N) is 1. The predicted molar refractivity (Wildman–Crippen MR) is 98.2 cm³/mol. The van der Waals surface area contributed by atoms with E-state index in [4.69, 9.17) is 0 Å². The van der Waals surface area contributed by atoms with Gasteiger partial charge in [0.25, 0.3) is 11.5 Å². The minimum Gasteiger partial charge on any atom is -0.319 e. The normalized spacial score (nSPS) is 10.9. The lowest BCUT2D eigenvalue weighted by Gasteiger charge is -2.12. The Hall–Kier alpha value is -3.42. The van der Waals surface area contributed by atoms with E-state index in [9.17, 15) is 22.8 Å². The van der Waals surface area contributed by atoms with Crippen LogP contribution in [0.5, 0.6) is 0 Å². The number of nitrogens with zero attached hydrogens (tertiary/aromatic N) is 2. The third kappa shape index (κ3) is 3.80. The molecule has 0 spiro atoms. The van der Waals surface area contributed by atoms with E-state index < -0.39 is 28.9 Å². The number of anilines is 1. The van der Waals surface area contributed by atoms with Crippen LogP contribution >= 0.6 is 0 Å². The van der Waals surface area contributed by atoms with Crippen molar-refractivity contribution in [2.45, 2.75) is 19.8 Å². The number of benzene rings is 2. The first-order valence-electron chi connectivity index (χ1n) is 8.42. The molecule has 0 aliphatic heterocycles. The lowest BCUT2D eigenvalue weighted by Crippen LogP contribution is -2.29. The van der Waals surface area contributed by atoms with Crippen molar-refractivity contribution in [1.29, 1.82) is 0 Å². The number of hydrogen-bond donors (Lipinski definition) is 1. The van der Waals surface area contributed by atoms with Crippen LogP contribution in [-0.4, -0.2) is 15.7 Å². The number of hydrogen-bond acceptors (Lipinski definition) is 3. The van der Waals surface area contributed by atoms with E-state index in [1.54, 1.807) is 13.8 Å². The molecule has 1 aromatic heterocycles. The maximum absolute atomic E-state index is 14.2. The van der Waals surface area contributed by atoms with Crippen LogP contribution in [0.1, 0.15) is 35.7 Å². The molecule has 0 radical (unpaired) electrons. The summed E-state index contributed by atoms with van der Waals surface area (Å²) >= 11 is 0. The molecule has 3 rings (SSSR count). The topological polar surface area (TPSA) is 64.0 Å². The molecule has 0 fully saturated rings. The lowest BCUT2D eigenvalue weighted by atomic mass is 10.0. The van der Waals surface area contributed by atoms with Gasteiger partial charge in [0.1, 0.15) is 23.0 Å². The van der Waals surface area contributed by atoms with Gasteiger partial charge in [-0.15, -0.1) is 0 Å². The number of rotatable bonds is 4. The first-order valence-corrected chi connectivity index (χ1v) is 8.42. The highest BCUT2D eigenvalue weighted by molar-refractivity contribution is 6.04. The van der Waals surface area contributed by atoms with E-state index in [0.717, 1.165) is 35.0 Å². The highest BCUT2D eigenvalue weighted by Gasteiger charge is 2.18. The number of carbonyl (C=O) groups is 1. The van der Waals surface area contributed by atoms with Gasteiger partial charge in [-0.1, -0.05) is 13.8 Å². The number of amides is 1. The van der Waals surface area contributed by atoms with Crippen molar-refractivity contribution < 1.29 is 18.0 Å². The molecule has 0 unspecified atom stereocenters. The monoisotopic (exact) mass is 387 g/mol. The van der Waals surface area contributed by atoms with Crippen molar-refractivity contribution >= 4 is 11.6 Å². The van der Waals surface area contributed by atoms with Crippen LogP contribution in [0.15, 0.2) is 53.5 Å². The molecule has 0 saturated heterocycles. The van der Waals surface area contributed by atoms with Gasteiger partial charge in [-0.2, -0.15) is 9.78 Å². The van der Waals surface area contributed by atoms with Gasteiger partial charge in [-0.25, -0.2) is 13.2 Å². The van der Waals surface area contributed by atoms with Crippen LogP contribution in [0.2, 0.25) is 0 Å². The Kier molecular flexibility index (Phi) is 5.30. The standard InChI is InChI=1S/C20H16F3N3O2/c1-11(2)15-9-17(23)18(10-16(15)22)25-19(27)14-7-8-24-26(20(14)28)13-5-3-12(21)4-6-13/h3-11H,1-2H3,(H,25,27). The molecule has 1 amide bonds. The molecule has 0 saturated carbocycles. The molecule has 144 valence electrons. The van der Waals surface area contributed by atoms with Crippen molar-refractivity contribution in [2.24, 2.45) is 0 Å². The highest BCUT2D eigenvalue weighted by atomic mass is 19.1. The molecular weight excluding hydrogens is 371 g/mol. The number of halogens is 3. The largest absolute Gasteiger partial charge is 0.319 e. The van der Waals surface area contributed by atoms with E-state index in [-0.39, 0.29) is 28.4 Å². The van der Waals surface area contributed by atoms with E-state index in [1.807, 2.05) is 0 Å². The van der Waals surface area contributed by atoms with E-state index in [1.165, 1.54) is 18.3 Å². The summed E-state index contributed by atoms with van der Waals surface area (Å²) in [6.07, 6.45) is 1.21. The van der Waals surface area contributed by atoms with Gasteiger partial charge < -0.3 is 5.32 Å². The Morgan fingerprint density at radius 2 is 1.71 bits per heavy atom. The summed E-state index contributed by atoms with van der Waals surface area (Å²) in [5, 5.41) is 6.07. The summed E-state index contributed by atoms with van der Waals surface area (Å²) in [7, 11) is 0. The Labute approximate surface area is 158 Å². The van der Waals surface area contributed by atoms with Gasteiger partial charge in [0, 0.05) is 12.3 Å². The molecule has 0 atom stereocenters. The summed E-state index contributed by atoms with van der Waals surface area (Å²) in [4.78, 5) is 25.0. The molecule has 1 heterocycles. The maximum atomic E-state index is 14.2. The summed E-state index contributed by atoms with van der Waals surface area (Å²) in [6.45, 7) is 3.43. The maximum Gasteiger partial charge on any atom is 0.284 e. The second-order valence-corrected chi connectivity index (χ2v) is 6.40. The Morgan fingerprint density at radius 1 is 1.04 bits per heavy atom. The third-order valence-corrected chi connectivity index (χ3v) is 4.12. The van der Waals surface area contributed by atoms with Gasteiger partial charge in [0.15, 0.2) is 0 Å². The fourth-order valence-corrected chi connectivity index (χ4v) is 2.64. The minimum atomic E-state index is -0.918. The van der Waals surface area contributed by atoms with Crippen LogP contribution < -0.4 is 10.9 Å². The van der Waals surface area contributed by atoms with Crippen molar-refractivity contribution in [3.8, 4) is 5.69 Å². The highest BCUT2D eigenvalue weighted by Crippen LogP contribution is 2.25. The minimum absolute atomic E-state index is 0.179. The van der Waals surface area contributed by atoms with Crippen LogP contribution in [0.4, 0.5) is 18.9 Å². The first kappa shape index (κ1) is 19.3. The van der Waals surface area contributed by atoms with Gasteiger partial charge >= 0.3 is 0 Å². The van der Waals surface area contributed by atoms with Crippen LogP contribution in [0, 0.1) is 17.5 Å². The SMILES string of the molecule is CC(C)c1cc(F)c(NC(=O)c2ccnn(-c3ccc(F)cc3)c2=O)cc1F. The fraction of sp³-hybridized carbons (Fsp3) is 0.150. The van der Waals surface area contributed by atoms with Gasteiger partial charge in [-0.3, -0.25) is 9.59 Å². The van der Waals surface area contributed by atoms with Gasteiger partial charge in [0.05, 0.1) is 11.4 Å². The Bertz CT molecular complexity index is 1090. The molecule has 2 aromatic carbocycles. The third-order valence-electron chi connectivity index (χ3n) is 4.12. The average molecular weight is 387 g/mol. The fourth-order valence-electron chi connectivity index (χ4n) is 2.64. The Balaban J connectivity index is 1.94. The van der Waals surface area contributed by atoms with Gasteiger partial charge in [-0.05, 0) is 47.9 Å². The average Bonchev–Trinajstić information content (AvgIpc) is 2.65. The number of aromatic nitrogens is 2. The zero-order chi connectivity index (χ0) is 20.4. The summed E-state index contributed by atoms with van der Waals surface area (Å²) < 4.78 is 42.3. The first-order chi connectivity index (χ1) is 13.3. The number of carbonyl (C=O) groups excluding carboxylic acids is 1. The molecule has 28 heavy (non-hydrogen) atoms. The zero-order valence-electron chi connectivity index (χ0n) is 15.0. The molecule has 0 aliphatic rings. The summed E-state index contributed by atoms with van der Waals surface area (Å²) in [6, 6.07) is 7.99. The summed E-state index contributed by atoms with van der Waals surface area (Å²) in [5.41, 5.74) is -1.06. The zero-order valence-corrected chi connectivity index (χ0v) is 15.0. The smallest absolute Gasteiger partial charge is 0.284 e. The van der Waals surface area contributed by atoms with E-state index >= 15 is 0 Å². The summed E-state index contributed by atoms with van der Waals surface area (Å²) in [5.74, 6) is -3.12. The van der Waals surface area contributed by atoms with Crippen LogP contribution in [0.3, 0.4) is 0 Å². The van der Waals surface area contributed by atoms with Crippen molar-refractivity contribution in [1.82, 2.24) is 9.78 Å². The van der Waals surface area contributed by atoms with Gasteiger partial charge in [0.2, 0.25) is 0 Å². The van der Waals surface area contributed by atoms with Crippen molar-refractivity contribution in [3.63, 3.8) is 0 Å². The molecule has 3 aromatic rings. The predicted octanol–water partition coefficient (Wildman–Crippen LogP) is 4.03. The second kappa shape index (κ2) is 7.67. The van der Waals surface area contributed by atoms with Crippen LogP contribution in [-0.2, 0) is 0 Å². The molecule has 0 aliphatic carbocycles. The quantitative estimate of drug-likeness (QED) is 0.735. The second-order valence-electron chi connectivity index (χ2n) is 6.40. The van der Waals surface area contributed by atoms with Crippen molar-refractivity contribution in [3.05, 3.63) is 87.6 Å². The van der Waals surface area contributed by atoms with Crippen LogP contribution in [0.25, 0.3) is 5.69 Å². The lowest BCUT2D eigenvalue weighted by molar-refractivity contribution is 0.102. The molecule has 8 heteroatoms.